The van der Waals surface area contributed by atoms with Crippen molar-refractivity contribution in [3.8, 4) is 0 Å². The van der Waals surface area contributed by atoms with Crippen LogP contribution in [0.25, 0.3) is 0 Å². The van der Waals surface area contributed by atoms with Crippen LogP contribution in [0.5, 0.6) is 0 Å². The van der Waals surface area contributed by atoms with E-state index in [1.165, 1.54) is 7.11 Å². The van der Waals surface area contributed by atoms with E-state index in [0.29, 0.717) is 0 Å². The van der Waals surface area contributed by atoms with Crippen LogP contribution in [0.2, 0.25) is 0 Å². The van der Waals surface area contributed by atoms with Gasteiger partial charge in [-0.05, 0) is 19.4 Å². The Hall–Kier alpha value is -0.920. The van der Waals surface area contributed by atoms with Crippen LogP contribution in [-0.4, -0.2) is 19.7 Å². The number of carbonyl (C=O) groups is 1. The Labute approximate surface area is 120 Å². The van der Waals surface area contributed by atoms with Crippen molar-refractivity contribution in [3.05, 3.63) is 35.9 Å². The third-order valence-electron chi connectivity index (χ3n) is 2.65. The van der Waals surface area contributed by atoms with Crippen LogP contribution in [0, 0.1) is 5.41 Å². The zero-order valence-electron chi connectivity index (χ0n) is 12.9. The summed E-state index contributed by atoms with van der Waals surface area (Å²) in [4.78, 5) is 11.5. The zero-order chi connectivity index (χ0) is 15.5. The van der Waals surface area contributed by atoms with Crippen molar-refractivity contribution in [2.24, 2.45) is 11.1 Å². The molecule has 19 heavy (non-hydrogen) atoms. The van der Waals surface area contributed by atoms with Crippen LogP contribution in [0.3, 0.4) is 0 Å². The highest BCUT2D eigenvalue weighted by Gasteiger charge is 2.36. The summed E-state index contributed by atoms with van der Waals surface area (Å²) < 4.78 is 4.74. The molecule has 0 aromatic heterocycles. The number of ether oxygens (including phenoxy) is 1. The normalized spacial score (nSPS) is 11.2. The molecule has 0 amide bonds. The van der Waals surface area contributed by atoms with E-state index in [2.05, 4.69) is 9.24 Å². The Balaban J connectivity index is 0. The van der Waals surface area contributed by atoms with Gasteiger partial charge >= 0.3 is 5.97 Å². The Bertz CT molecular complexity index is 339. The number of rotatable bonds is 3. The Morgan fingerprint density at radius 3 is 2.00 bits per heavy atom. The lowest BCUT2D eigenvalue weighted by Crippen LogP contribution is -2.37. The molecule has 0 saturated carbocycles. The van der Waals surface area contributed by atoms with Gasteiger partial charge in [0, 0.05) is 6.04 Å². The van der Waals surface area contributed by atoms with Gasteiger partial charge in [0.2, 0.25) is 0 Å². The molecule has 0 saturated heterocycles. The molecule has 3 nitrogen and oxygen atoms in total. The minimum absolute atomic E-state index is 0.293. The van der Waals surface area contributed by atoms with Gasteiger partial charge in [-0.3, -0.25) is 4.79 Å². The minimum Gasteiger partial charge on any atom is -0.469 e. The molecule has 2 unspecified atom stereocenters. The summed E-state index contributed by atoms with van der Waals surface area (Å²) in [5.74, 6) is -0.293. The van der Waals surface area contributed by atoms with E-state index >= 15 is 0 Å². The standard InChI is InChI=1S/C12H17NO2.C2H6.CH5P/c1-12(2,11(14)15-3)10(13)9-7-5-4-6-8-9;2*1-2/h4-8,10H,13H2,1-3H3;1-2H3;2H2,1H3. The second kappa shape index (κ2) is 11.0. The van der Waals surface area contributed by atoms with Crippen molar-refractivity contribution >= 4 is 15.2 Å². The van der Waals surface area contributed by atoms with Gasteiger partial charge < -0.3 is 10.5 Å². The quantitative estimate of drug-likeness (QED) is 0.684. The highest BCUT2D eigenvalue weighted by atomic mass is 31.0. The number of carbonyl (C=O) groups excluding carboxylic acids is 1. The van der Waals surface area contributed by atoms with E-state index in [0.717, 1.165) is 5.56 Å². The topological polar surface area (TPSA) is 52.3 Å². The van der Waals surface area contributed by atoms with E-state index in [4.69, 9.17) is 10.5 Å². The first kappa shape index (κ1) is 20.4. The lowest BCUT2D eigenvalue weighted by Gasteiger charge is -2.28. The van der Waals surface area contributed by atoms with Crippen LogP contribution in [0.1, 0.15) is 39.3 Å². The van der Waals surface area contributed by atoms with Gasteiger partial charge in [0.15, 0.2) is 0 Å². The molecule has 0 bridgehead atoms. The molecule has 4 heteroatoms. The van der Waals surface area contributed by atoms with Crippen LogP contribution in [0.4, 0.5) is 0 Å². The third kappa shape index (κ3) is 6.17. The van der Waals surface area contributed by atoms with Gasteiger partial charge in [0.25, 0.3) is 0 Å². The predicted molar refractivity (Wildman–Crippen MR) is 86.1 cm³/mol. The average molecular weight is 285 g/mol. The smallest absolute Gasteiger partial charge is 0.313 e. The maximum atomic E-state index is 11.5. The van der Waals surface area contributed by atoms with Crippen molar-refractivity contribution in [1.29, 1.82) is 0 Å². The molecule has 0 aliphatic rings. The fraction of sp³-hybridized carbons (Fsp3) is 0.533. The maximum Gasteiger partial charge on any atom is 0.313 e. The largest absolute Gasteiger partial charge is 0.469 e. The second-order valence-corrected chi connectivity index (χ2v) is 4.10. The van der Waals surface area contributed by atoms with E-state index in [1.807, 2.05) is 50.8 Å². The fourth-order valence-electron chi connectivity index (χ4n) is 1.47. The van der Waals surface area contributed by atoms with E-state index in [-0.39, 0.29) is 12.0 Å². The number of esters is 1. The molecule has 2 N–H and O–H groups in total. The van der Waals surface area contributed by atoms with Gasteiger partial charge in [0.05, 0.1) is 12.5 Å². The molecule has 0 radical (unpaired) electrons. The molecule has 1 aromatic carbocycles. The van der Waals surface area contributed by atoms with Crippen molar-refractivity contribution in [1.82, 2.24) is 0 Å². The summed E-state index contributed by atoms with van der Waals surface area (Å²) in [5.41, 5.74) is 6.27. The van der Waals surface area contributed by atoms with Crippen LogP contribution < -0.4 is 5.73 Å². The molecule has 0 heterocycles. The maximum absolute atomic E-state index is 11.5. The summed E-state index contributed by atoms with van der Waals surface area (Å²) in [7, 11) is 3.79. The zero-order valence-corrected chi connectivity index (χ0v) is 14.1. The van der Waals surface area contributed by atoms with Gasteiger partial charge in [-0.15, -0.1) is 9.24 Å². The van der Waals surface area contributed by atoms with E-state index in [1.54, 1.807) is 13.8 Å². The van der Waals surface area contributed by atoms with Gasteiger partial charge in [-0.2, -0.15) is 0 Å². The summed E-state index contributed by atoms with van der Waals surface area (Å²) >= 11 is 0. The summed E-state index contributed by atoms with van der Waals surface area (Å²) in [6.45, 7) is 9.49. The van der Waals surface area contributed by atoms with Gasteiger partial charge in [-0.25, -0.2) is 0 Å². The SMILES string of the molecule is CC.COC(=O)C(C)(C)C(N)c1ccccc1.CP. The summed E-state index contributed by atoms with van der Waals surface area (Å²) in [6.07, 6.45) is 0. The lowest BCUT2D eigenvalue weighted by atomic mass is 9.81. The summed E-state index contributed by atoms with van der Waals surface area (Å²) in [5, 5.41) is 0. The highest BCUT2D eigenvalue weighted by Crippen LogP contribution is 2.32. The number of benzene rings is 1. The lowest BCUT2D eigenvalue weighted by molar-refractivity contribution is -0.152. The molecule has 2 atom stereocenters. The first-order valence-electron chi connectivity index (χ1n) is 6.47. The first-order valence-corrected chi connectivity index (χ1v) is 7.62. The molecule has 110 valence electrons. The second-order valence-electron chi connectivity index (χ2n) is 4.10. The van der Waals surface area contributed by atoms with Crippen molar-refractivity contribution < 1.29 is 9.53 Å². The van der Waals surface area contributed by atoms with Gasteiger partial charge in [-0.1, -0.05) is 50.8 Å². The summed E-state index contributed by atoms with van der Waals surface area (Å²) in [6, 6.07) is 9.20. The fourth-order valence-corrected chi connectivity index (χ4v) is 1.47. The molecular weight excluding hydrogens is 257 g/mol. The molecule has 0 fully saturated rings. The molecular formula is C15H28NO2P. The van der Waals surface area contributed by atoms with Crippen molar-refractivity contribution in [3.63, 3.8) is 0 Å². The highest BCUT2D eigenvalue weighted by molar-refractivity contribution is 7.15. The number of methoxy groups -OCH3 is 1. The molecule has 0 aliphatic heterocycles. The average Bonchev–Trinajstić information content (AvgIpc) is 2.50. The van der Waals surface area contributed by atoms with Crippen LogP contribution in [0.15, 0.2) is 30.3 Å². The van der Waals surface area contributed by atoms with E-state index in [9.17, 15) is 4.79 Å². The first-order chi connectivity index (χ1) is 9.00. The molecule has 1 rings (SSSR count). The Morgan fingerprint density at radius 2 is 1.63 bits per heavy atom. The number of hydrogen-bond acceptors (Lipinski definition) is 3. The third-order valence-corrected chi connectivity index (χ3v) is 2.65. The monoisotopic (exact) mass is 285 g/mol. The number of hydrogen-bond donors (Lipinski definition) is 1. The van der Waals surface area contributed by atoms with Crippen molar-refractivity contribution in [2.75, 3.05) is 13.8 Å². The van der Waals surface area contributed by atoms with Crippen LogP contribution >= 0.6 is 9.24 Å². The predicted octanol–water partition coefficient (Wildman–Crippen LogP) is 3.40. The molecule has 0 aliphatic carbocycles. The van der Waals surface area contributed by atoms with Crippen molar-refractivity contribution in [2.45, 2.75) is 33.7 Å². The Morgan fingerprint density at radius 1 is 1.21 bits per heavy atom. The van der Waals surface area contributed by atoms with Gasteiger partial charge in [0.1, 0.15) is 0 Å². The molecule has 1 aromatic rings. The van der Waals surface area contributed by atoms with E-state index < -0.39 is 5.41 Å². The Kier molecular flexibility index (Phi) is 11.8. The number of nitrogens with two attached hydrogens (primary N) is 1. The van der Waals surface area contributed by atoms with Crippen LogP contribution in [-0.2, 0) is 9.53 Å². The minimum atomic E-state index is -0.712. The molecule has 0 spiro atoms.